The fourth-order valence-electron chi connectivity index (χ4n) is 2.11. The third kappa shape index (κ3) is 3.37. The number of ether oxygens (including phenoxy) is 1. The van der Waals surface area contributed by atoms with Crippen molar-refractivity contribution in [1.82, 2.24) is 5.32 Å². The van der Waals surface area contributed by atoms with E-state index in [1.807, 2.05) is 30.3 Å². The number of methoxy groups -OCH3 is 1. The van der Waals surface area contributed by atoms with Crippen molar-refractivity contribution in [3.8, 4) is 11.8 Å². The first-order valence-corrected chi connectivity index (χ1v) is 6.60. The van der Waals surface area contributed by atoms with Crippen LogP contribution in [0.1, 0.15) is 29.7 Å². The van der Waals surface area contributed by atoms with Gasteiger partial charge in [-0.05, 0) is 30.7 Å². The van der Waals surface area contributed by atoms with Crippen LogP contribution in [0.3, 0.4) is 0 Å². The van der Waals surface area contributed by atoms with E-state index < -0.39 is 0 Å². The van der Waals surface area contributed by atoms with Crippen molar-refractivity contribution in [2.75, 3.05) is 7.11 Å². The van der Waals surface area contributed by atoms with Gasteiger partial charge in [-0.25, -0.2) is 0 Å². The second kappa shape index (κ2) is 6.74. The first-order valence-electron chi connectivity index (χ1n) is 6.60. The molecule has 1 atom stereocenters. The quantitative estimate of drug-likeness (QED) is 0.902. The van der Waals surface area contributed by atoms with Crippen molar-refractivity contribution in [3.63, 3.8) is 0 Å². The number of rotatable bonds is 5. The molecule has 1 N–H and O–H groups in total. The van der Waals surface area contributed by atoms with Crippen LogP contribution in [0.5, 0.6) is 5.75 Å². The zero-order valence-electron chi connectivity index (χ0n) is 11.8. The molecule has 0 saturated carbocycles. The zero-order chi connectivity index (χ0) is 14.4. The van der Waals surface area contributed by atoms with Gasteiger partial charge in [-0.15, -0.1) is 0 Å². The molecule has 0 fully saturated rings. The van der Waals surface area contributed by atoms with Gasteiger partial charge < -0.3 is 10.1 Å². The van der Waals surface area contributed by atoms with Crippen LogP contribution in [0.15, 0.2) is 48.5 Å². The summed E-state index contributed by atoms with van der Waals surface area (Å²) >= 11 is 0. The molecule has 0 saturated heterocycles. The summed E-state index contributed by atoms with van der Waals surface area (Å²) in [4.78, 5) is 0. The Morgan fingerprint density at radius 3 is 2.60 bits per heavy atom. The lowest BCUT2D eigenvalue weighted by Crippen LogP contribution is -2.18. The normalized spacial score (nSPS) is 11.7. The number of benzene rings is 2. The zero-order valence-corrected chi connectivity index (χ0v) is 11.8. The first kappa shape index (κ1) is 14.1. The molecule has 2 aromatic rings. The Hall–Kier alpha value is -2.31. The SMILES string of the molecule is COc1ccc(C#N)cc1CN[C@H](C)c1ccccc1. The molecule has 0 aliphatic carbocycles. The summed E-state index contributed by atoms with van der Waals surface area (Å²) in [5.41, 5.74) is 2.88. The van der Waals surface area contributed by atoms with Crippen LogP contribution >= 0.6 is 0 Å². The van der Waals surface area contributed by atoms with Gasteiger partial charge in [0.2, 0.25) is 0 Å². The van der Waals surface area contributed by atoms with Crippen LogP contribution in [-0.4, -0.2) is 7.11 Å². The summed E-state index contributed by atoms with van der Waals surface area (Å²) in [5, 5.41) is 12.4. The summed E-state index contributed by atoms with van der Waals surface area (Å²) in [6, 6.07) is 18.1. The van der Waals surface area contributed by atoms with Crippen molar-refractivity contribution >= 4 is 0 Å². The largest absolute Gasteiger partial charge is 0.496 e. The van der Waals surface area contributed by atoms with Gasteiger partial charge in [0, 0.05) is 18.2 Å². The van der Waals surface area contributed by atoms with Gasteiger partial charge in [-0.1, -0.05) is 30.3 Å². The van der Waals surface area contributed by atoms with E-state index in [4.69, 9.17) is 10.00 Å². The topological polar surface area (TPSA) is 45.0 Å². The second-order valence-corrected chi connectivity index (χ2v) is 4.65. The molecular formula is C17H18N2O. The molecule has 0 spiro atoms. The molecule has 2 rings (SSSR count). The van der Waals surface area contributed by atoms with Crippen LogP contribution in [0.25, 0.3) is 0 Å². The van der Waals surface area contributed by atoms with Gasteiger partial charge in [-0.2, -0.15) is 5.26 Å². The maximum atomic E-state index is 8.97. The molecule has 0 radical (unpaired) electrons. The summed E-state index contributed by atoms with van der Waals surface area (Å²) < 4.78 is 5.33. The Kier molecular flexibility index (Phi) is 4.75. The molecule has 0 amide bonds. The number of hydrogen-bond acceptors (Lipinski definition) is 3. The van der Waals surface area contributed by atoms with Gasteiger partial charge in [0.1, 0.15) is 5.75 Å². The number of nitrogens with zero attached hydrogens (tertiary/aromatic N) is 1. The molecule has 3 heteroatoms. The second-order valence-electron chi connectivity index (χ2n) is 4.65. The molecular weight excluding hydrogens is 248 g/mol. The monoisotopic (exact) mass is 266 g/mol. The molecule has 3 nitrogen and oxygen atoms in total. The van der Waals surface area contributed by atoms with Crippen LogP contribution in [0.2, 0.25) is 0 Å². The summed E-state index contributed by atoms with van der Waals surface area (Å²) in [7, 11) is 1.64. The highest BCUT2D eigenvalue weighted by Crippen LogP contribution is 2.21. The first-order chi connectivity index (χ1) is 9.74. The van der Waals surface area contributed by atoms with Gasteiger partial charge in [0.05, 0.1) is 18.7 Å². The third-order valence-electron chi connectivity index (χ3n) is 3.31. The fraction of sp³-hybridized carbons (Fsp3) is 0.235. The predicted octanol–water partition coefficient (Wildman–Crippen LogP) is 3.42. The minimum atomic E-state index is 0.242. The summed E-state index contributed by atoms with van der Waals surface area (Å²) in [5.74, 6) is 0.803. The van der Waals surface area contributed by atoms with Gasteiger partial charge in [-0.3, -0.25) is 0 Å². The Labute approximate surface area is 119 Å². The maximum Gasteiger partial charge on any atom is 0.123 e. The Morgan fingerprint density at radius 2 is 1.95 bits per heavy atom. The lowest BCUT2D eigenvalue weighted by Gasteiger charge is -2.16. The van der Waals surface area contributed by atoms with Gasteiger partial charge >= 0.3 is 0 Å². The lowest BCUT2D eigenvalue weighted by atomic mass is 10.1. The molecule has 102 valence electrons. The molecule has 0 aliphatic heterocycles. The molecule has 0 bridgehead atoms. The lowest BCUT2D eigenvalue weighted by molar-refractivity contribution is 0.406. The van der Waals surface area contributed by atoms with E-state index in [1.54, 1.807) is 13.2 Å². The Morgan fingerprint density at radius 1 is 1.20 bits per heavy atom. The van der Waals surface area contributed by atoms with Crippen molar-refractivity contribution in [1.29, 1.82) is 5.26 Å². The summed E-state index contributed by atoms with van der Waals surface area (Å²) in [6.07, 6.45) is 0. The van der Waals surface area contributed by atoms with E-state index >= 15 is 0 Å². The Bertz CT molecular complexity index is 602. The average Bonchev–Trinajstić information content (AvgIpc) is 2.53. The minimum absolute atomic E-state index is 0.242. The average molecular weight is 266 g/mol. The number of hydrogen-bond donors (Lipinski definition) is 1. The molecule has 0 aliphatic rings. The van der Waals surface area contributed by atoms with Crippen molar-refractivity contribution in [2.24, 2.45) is 0 Å². The van der Waals surface area contributed by atoms with Crippen molar-refractivity contribution < 1.29 is 4.74 Å². The van der Waals surface area contributed by atoms with E-state index in [1.165, 1.54) is 5.56 Å². The van der Waals surface area contributed by atoms with Gasteiger partial charge in [0.15, 0.2) is 0 Å². The molecule has 2 aromatic carbocycles. The highest BCUT2D eigenvalue weighted by molar-refractivity contribution is 5.42. The van der Waals surface area contributed by atoms with Crippen molar-refractivity contribution in [2.45, 2.75) is 19.5 Å². The third-order valence-corrected chi connectivity index (χ3v) is 3.31. The van der Waals surface area contributed by atoms with E-state index in [2.05, 4.69) is 30.4 Å². The fourth-order valence-corrected chi connectivity index (χ4v) is 2.11. The van der Waals surface area contributed by atoms with E-state index in [0.29, 0.717) is 12.1 Å². The van der Waals surface area contributed by atoms with Crippen molar-refractivity contribution in [3.05, 3.63) is 65.2 Å². The minimum Gasteiger partial charge on any atom is -0.496 e. The maximum absolute atomic E-state index is 8.97. The highest BCUT2D eigenvalue weighted by atomic mass is 16.5. The molecule has 0 aromatic heterocycles. The molecule has 0 unspecified atom stereocenters. The van der Waals surface area contributed by atoms with Gasteiger partial charge in [0.25, 0.3) is 0 Å². The highest BCUT2D eigenvalue weighted by Gasteiger charge is 2.08. The van der Waals surface area contributed by atoms with Crippen LogP contribution in [-0.2, 0) is 6.54 Å². The molecule has 20 heavy (non-hydrogen) atoms. The smallest absolute Gasteiger partial charge is 0.123 e. The van der Waals surface area contributed by atoms with E-state index in [0.717, 1.165) is 11.3 Å². The summed E-state index contributed by atoms with van der Waals surface area (Å²) in [6.45, 7) is 2.78. The van der Waals surface area contributed by atoms with Crippen LogP contribution in [0.4, 0.5) is 0 Å². The number of nitriles is 1. The standard InChI is InChI=1S/C17H18N2O/c1-13(15-6-4-3-5-7-15)19-12-16-10-14(11-18)8-9-17(16)20-2/h3-10,13,19H,12H2,1-2H3/t13-/m1/s1. The van der Waals surface area contributed by atoms with E-state index in [9.17, 15) is 0 Å². The molecule has 0 heterocycles. The predicted molar refractivity (Wildman–Crippen MR) is 79.4 cm³/mol. The van der Waals surface area contributed by atoms with Crippen LogP contribution in [0, 0.1) is 11.3 Å². The van der Waals surface area contributed by atoms with E-state index in [-0.39, 0.29) is 6.04 Å². The Balaban J connectivity index is 2.09. The van der Waals surface area contributed by atoms with Crippen LogP contribution < -0.4 is 10.1 Å². The number of nitrogens with one attached hydrogen (secondary N) is 1.